The summed E-state index contributed by atoms with van der Waals surface area (Å²) in [6.07, 6.45) is 3.67. The summed E-state index contributed by atoms with van der Waals surface area (Å²) in [4.78, 5) is 12.2. The molecule has 0 atom stereocenters. The normalized spacial score (nSPS) is 10.3. The smallest absolute Gasteiger partial charge is 0.323 e. The molecule has 0 saturated carbocycles. The van der Waals surface area contributed by atoms with Crippen LogP contribution in [0, 0.1) is 0 Å². The molecule has 2 rings (SSSR count). The molecule has 0 spiro atoms. The molecule has 0 saturated heterocycles. The zero-order chi connectivity index (χ0) is 13.7. The number of nitrogens with two attached hydrogens (primary N) is 1. The predicted octanol–water partition coefficient (Wildman–Crippen LogP) is -0.0985. The van der Waals surface area contributed by atoms with Crippen molar-refractivity contribution in [3.8, 4) is 6.01 Å². The van der Waals surface area contributed by atoms with Gasteiger partial charge in [-0.25, -0.2) is 5.84 Å². The van der Waals surface area contributed by atoms with E-state index in [2.05, 4.69) is 30.8 Å². The first-order chi connectivity index (χ1) is 9.21. The van der Waals surface area contributed by atoms with E-state index < -0.39 is 0 Å². The summed E-state index contributed by atoms with van der Waals surface area (Å²) in [5.41, 5.74) is 3.39. The summed E-state index contributed by atoms with van der Waals surface area (Å²) in [5.74, 6) is 5.92. The van der Waals surface area contributed by atoms with Crippen molar-refractivity contribution < 1.29 is 4.74 Å². The van der Waals surface area contributed by atoms with Crippen LogP contribution >= 0.6 is 0 Å². The van der Waals surface area contributed by atoms with Gasteiger partial charge < -0.3 is 10.1 Å². The van der Waals surface area contributed by atoms with Gasteiger partial charge in [-0.15, -0.1) is 0 Å². The summed E-state index contributed by atoms with van der Waals surface area (Å²) >= 11 is 0. The largest absolute Gasteiger partial charge is 0.464 e. The van der Waals surface area contributed by atoms with Crippen molar-refractivity contribution in [1.82, 2.24) is 24.7 Å². The molecule has 0 amide bonds. The number of hydrazine groups is 1. The average molecular weight is 264 g/mol. The molecule has 0 radical (unpaired) electrons. The van der Waals surface area contributed by atoms with Gasteiger partial charge in [-0.1, -0.05) is 0 Å². The van der Waals surface area contributed by atoms with E-state index in [4.69, 9.17) is 10.6 Å². The van der Waals surface area contributed by atoms with E-state index in [1.54, 1.807) is 10.9 Å². The number of aromatic nitrogens is 5. The van der Waals surface area contributed by atoms with Crippen LogP contribution in [0.5, 0.6) is 6.01 Å². The number of ether oxygens (including phenoxy) is 1. The Bertz CT molecular complexity index is 540. The van der Waals surface area contributed by atoms with E-state index in [1.165, 1.54) is 0 Å². The standard InChI is InChI=1S/C10H16N8O/c1-3-19-10-15-8(14-9(16-10)17-11)12-4-7-5-13-18(2)6-7/h5-6H,3-4,11H2,1-2H3,(H2,12,14,15,16,17). The monoisotopic (exact) mass is 264 g/mol. The molecule has 2 aromatic heterocycles. The zero-order valence-corrected chi connectivity index (χ0v) is 10.8. The highest BCUT2D eigenvalue weighted by atomic mass is 16.5. The molecule has 19 heavy (non-hydrogen) atoms. The van der Waals surface area contributed by atoms with Gasteiger partial charge in [-0.3, -0.25) is 10.1 Å². The molecule has 4 N–H and O–H groups in total. The molecule has 102 valence electrons. The van der Waals surface area contributed by atoms with Gasteiger partial charge in [0.25, 0.3) is 0 Å². The fraction of sp³-hybridized carbons (Fsp3) is 0.400. The lowest BCUT2D eigenvalue weighted by Gasteiger charge is -2.07. The van der Waals surface area contributed by atoms with Crippen molar-refractivity contribution >= 4 is 11.9 Å². The van der Waals surface area contributed by atoms with E-state index >= 15 is 0 Å². The van der Waals surface area contributed by atoms with Crippen LogP contribution in [0.25, 0.3) is 0 Å². The molecule has 0 unspecified atom stereocenters. The molecule has 0 aromatic carbocycles. The van der Waals surface area contributed by atoms with Crippen LogP contribution in [0.2, 0.25) is 0 Å². The first kappa shape index (κ1) is 13.0. The van der Waals surface area contributed by atoms with Gasteiger partial charge in [0, 0.05) is 25.4 Å². The number of aryl methyl sites for hydroxylation is 1. The SMILES string of the molecule is CCOc1nc(NN)nc(NCc2cnn(C)c2)n1. The van der Waals surface area contributed by atoms with Gasteiger partial charge in [-0.2, -0.15) is 20.1 Å². The molecule has 0 aliphatic carbocycles. The number of nitrogens with zero attached hydrogens (tertiary/aromatic N) is 5. The van der Waals surface area contributed by atoms with Gasteiger partial charge in [0.15, 0.2) is 0 Å². The lowest BCUT2D eigenvalue weighted by molar-refractivity contribution is 0.312. The molecule has 2 heterocycles. The second-order valence-corrected chi connectivity index (χ2v) is 3.72. The first-order valence-electron chi connectivity index (χ1n) is 5.78. The molecule has 9 heteroatoms. The molecule has 2 aromatic rings. The average Bonchev–Trinajstić information content (AvgIpc) is 2.82. The maximum atomic E-state index is 5.29. The summed E-state index contributed by atoms with van der Waals surface area (Å²) in [6.45, 7) is 2.87. The second kappa shape index (κ2) is 5.96. The fourth-order valence-electron chi connectivity index (χ4n) is 1.44. The molecule has 9 nitrogen and oxygen atoms in total. The van der Waals surface area contributed by atoms with Crippen LogP contribution in [0.1, 0.15) is 12.5 Å². The van der Waals surface area contributed by atoms with Crippen LogP contribution in [0.4, 0.5) is 11.9 Å². The molecule has 0 aliphatic heterocycles. The number of hydrogen-bond donors (Lipinski definition) is 3. The number of hydrogen-bond acceptors (Lipinski definition) is 8. The van der Waals surface area contributed by atoms with Crippen LogP contribution < -0.4 is 21.3 Å². The van der Waals surface area contributed by atoms with Gasteiger partial charge in [0.1, 0.15) is 0 Å². The molecule has 0 aliphatic rings. The Morgan fingerprint density at radius 1 is 1.32 bits per heavy atom. The third-order valence-electron chi connectivity index (χ3n) is 2.23. The van der Waals surface area contributed by atoms with E-state index in [9.17, 15) is 0 Å². The van der Waals surface area contributed by atoms with Gasteiger partial charge >= 0.3 is 6.01 Å². The van der Waals surface area contributed by atoms with E-state index in [-0.39, 0.29) is 12.0 Å². The van der Waals surface area contributed by atoms with Crippen molar-refractivity contribution in [3.05, 3.63) is 18.0 Å². The third-order valence-corrected chi connectivity index (χ3v) is 2.23. The van der Waals surface area contributed by atoms with Crippen LogP contribution in [-0.4, -0.2) is 31.3 Å². The molecule has 0 bridgehead atoms. The van der Waals surface area contributed by atoms with Crippen molar-refractivity contribution in [1.29, 1.82) is 0 Å². The Morgan fingerprint density at radius 3 is 2.74 bits per heavy atom. The van der Waals surface area contributed by atoms with E-state index in [0.717, 1.165) is 5.56 Å². The highest BCUT2D eigenvalue weighted by molar-refractivity contribution is 5.35. The van der Waals surface area contributed by atoms with Crippen molar-refractivity contribution in [2.24, 2.45) is 12.9 Å². The minimum absolute atomic E-state index is 0.221. The molecule has 0 fully saturated rings. The Kier molecular flexibility index (Phi) is 4.08. The summed E-state index contributed by atoms with van der Waals surface area (Å²) in [6, 6.07) is 0.221. The summed E-state index contributed by atoms with van der Waals surface area (Å²) in [7, 11) is 1.86. The maximum Gasteiger partial charge on any atom is 0.323 e. The highest BCUT2D eigenvalue weighted by Gasteiger charge is 2.06. The quantitative estimate of drug-likeness (QED) is 0.489. The highest BCUT2D eigenvalue weighted by Crippen LogP contribution is 2.11. The number of nitrogen functional groups attached to an aromatic ring is 1. The Morgan fingerprint density at radius 2 is 2.11 bits per heavy atom. The number of anilines is 2. The van der Waals surface area contributed by atoms with Crippen LogP contribution in [0.3, 0.4) is 0 Å². The lowest BCUT2D eigenvalue weighted by atomic mass is 10.4. The minimum Gasteiger partial charge on any atom is -0.464 e. The number of rotatable bonds is 6. The van der Waals surface area contributed by atoms with E-state index in [0.29, 0.717) is 19.1 Å². The van der Waals surface area contributed by atoms with Crippen molar-refractivity contribution in [3.63, 3.8) is 0 Å². The van der Waals surface area contributed by atoms with Crippen molar-refractivity contribution in [2.45, 2.75) is 13.5 Å². The van der Waals surface area contributed by atoms with Gasteiger partial charge in [0.05, 0.1) is 12.8 Å². The van der Waals surface area contributed by atoms with E-state index in [1.807, 2.05) is 20.2 Å². The third kappa shape index (κ3) is 3.52. The zero-order valence-electron chi connectivity index (χ0n) is 10.8. The van der Waals surface area contributed by atoms with Gasteiger partial charge in [0.2, 0.25) is 11.9 Å². The van der Waals surface area contributed by atoms with Gasteiger partial charge in [-0.05, 0) is 6.92 Å². The summed E-state index contributed by atoms with van der Waals surface area (Å²) < 4.78 is 6.96. The minimum atomic E-state index is 0.221. The topological polar surface area (TPSA) is 116 Å². The molecular weight excluding hydrogens is 248 g/mol. The lowest BCUT2D eigenvalue weighted by Crippen LogP contribution is -2.14. The Hall–Kier alpha value is -2.42. The molecular formula is C10H16N8O. The second-order valence-electron chi connectivity index (χ2n) is 3.72. The maximum absolute atomic E-state index is 5.29. The summed E-state index contributed by atoms with van der Waals surface area (Å²) in [5, 5.41) is 7.13. The predicted molar refractivity (Wildman–Crippen MR) is 69.3 cm³/mol. The Balaban J connectivity index is 2.08. The van der Waals surface area contributed by atoms with Crippen LogP contribution in [-0.2, 0) is 13.6 Å². The number of nitrogens with one attached hydrogen (secondary N) is 2. The first-order valence-corrected chi connectivity index (χ1v) is 5.78. The fourth-order valence-corrected chi connectivity index (χ4v) is 1.44. The van der Waals surface area contributed by atoms with Crippen LogP contribution in [0.15, 0.2) is 12.4 Å². The Labute approximate surface area is 110 Å². The van der Waals surface area contributed by atoms with Crippen molar-refractivity contribution in [2.75, 3.05) is 17.3 Å².